The zero-order valence-corrected chi connectivity index (χ0v) is 14.0. The second kappa shape index (κ2) is 7.90. The van der Waals surface area contributed by atoms with Crippen LogP contribution in [0.4, 0.5) is 5.13 Å². The highest BCUT2D eigenvalue weighted by molar-refractivity contribution is 7.14. The van der Waals surface area contributed by atoms with Crippen LogP contribution in [-0.4, -0.2) is 25.2 Å². The van der Waals surface area contributed by atoms with Crippen LogP contribution in [-0.2, 0) is 4.74 Å². The molecular weight excluding hydrogens is 304 g/mol. The first-order valence-corrected chi connectivity index (χ1v) is 8.59. The van der Waals surface area contributed by atoms with Crippen molar-refractivity contribution in [2.75, 3.05) is 25.6 Å². The molecule has 3 aromatic rings. The van der Waals surface area contributed by atoms with Gasteiger partial charge in [-0.15, -0.1) is 11.3 Å². The Kier molecular flexibility index (Phi) is 5.40. The highest BCUT2D eigenvalue weighted by Gasteiger charge is 2.05. The zero-order valence-electron chi connectivity index (χ0n) is 13.2. The van der Waals surface area contributed by atoms with E-state index >= 15 is 0 Å². The van der Waals surface area contributed by atoms with Crippen LogP contribution in [0, 0.1) is 0 Å². The Morgan fingerprint density at radius 1 is 0.957 bits per heavy atom. The van der Waals surface area contributed by atoms with E-state index in [9.17, 15) is 0 Å². The van der Waals surface area contributed by atoms with Crippen molar-refractivity contribution in [2.24, 2.45) is 0 Å². The SMILES string of the molecule is COCCCNc1nc(-c2ccc(-c3ccccc3)cc2)cs1. The van der Waals surface area contributed by atoms with Crippen molar-refractivity contribution in [3.63, 3.8) is 0 Å². The molecule has 0 amide bonds. The molecule has 0 spiro atoms. The maximum Gasteiger partial charge on any atom is 0.183 e. The number of rotatable bonds is 7. The number of anilines is 1. The molecule has 0 fully saturated rings. The number of aromatic nitrogens is 1. The molecule has 3 nitrogen and oxygen atoms in total. The van der Waals surface area contributed by atoms with E-state index in [1.807, 2.05) is 6.07 Å². The number of hydrogen-bond donors (Lipinski definition) is 1. The lowest BCUT2D eigenvalue weighted by Gasteiger charge is -2.03. The summed E-state index contributed by atoms with van der Waals surface area (Å²) in [4.78, 5) is 4.65. The fraction of sp³-hybridized carbons (Fsp3) is 0.211. The molecule has 3 rings (SSSR count). The van der Waals surface area contributed by atoms with Crippen LogP contribution in [0.25, 0.3) is 22.4 Å². The van der Waals surface area contributed by atoms with Crippen LogP contribution < -0.4 is 5.32 Å². The van der Waals surface area contributed by atoms with Crippen LogP contribution >= 0.6 is 11.3 Å². The Labute approximate surface area is 141 Å². The van der Waals surface area contributed by atoms with Crippen LogP contribution in [0.15, 0.2) is 60.0 Å². The Balaban J connectivity index is 1.67. The maximum absolute atomic E-state index is 5.04. The van der Waals surface area contributed by atoms with Gasteiger partial charge in [-0.25, -0.2) is 4.98 Å². The largest absolute Gasteiger partial charge is 0.385 e. The number of thiazole rings is 1. The van der Waals surface area contributed by atoms with Crippen molar-refractivity contribution in [1.29, 1.82) is 0 Å². The van der Waals surface area contributed by atoms with Crippen molar-refractivity contribution in [2.45, 2.75) is 6.42 Å². The second-order valence-electron chi connectivity index (χ2n) is 5.25. The molecule has 1 aromatic heterocycles. The molecule has 0 saturated carbocycles. The minimum Gasteiger partial charge on any atom is -0.385 e. The van der Waals surface area contributed by atoms with Gasteiger partial charge in [0.1, 0.15) is 0 Å². The van der Waals surface area contributed by atoms with E-state index in [2.05, 4.69) is 64.2 Å². The molecular formula is C19H20N2OS. The third-order valence-electron chi connectivity index (χ3n) is 3.59. The zero-order chi connectivity index (χ0) is 15.9. The molecule has 23 heavy (non-hydrogen) atoms. The average Bonchev–Trinajstić information content (AvgIpc) is 3.09. The fourth-order valence-corrected chi connectivity index (χ4v) is 3.11. The van der Waals surface area contributed by atoms with E-state index in [-0.39, 0.29) is 0 Å². The monoisotopic (exact) mass is 324 g/mol. The molecule has 0 aliphatic heterocycles. The molecule has 1 heterocycles. The van der Waals surface area contributed by atoms with Gasteiger partial charge in [0.15, 0.2) is 5.13 Å². The van der Waals surface area contributed by atoms with Gasteiger partial charge >= 0.3 is 0 Å². The molecule has 0 atom stereocenters. The summed E-state index contributed by atoms with van der Waals surface area (Å²) >= 11 is 1.64. The van der Waals surface area contributed by atoms with Crippen LogP contribution in [0.2, 0.25) is 0 Å². The first-order chi connectivity index (χ1) is 11.4. The Hall–Kier alpha value is -2.17. The van der Waals surface area contributed by atoms with E-state index in [1.165, 1.54) is 11.1 Å². The second-order valence-corrected chi connectivity index (χ2v) is 6.11. The number of nitrogens with one attached hydrogen (secondary N) is 1. The van der Waals surface area contributed by atoms with Crippen molar-refractivity contribution in [3.8, 4) is 22.4 Å². The van der Waals surface area contributed by atoms with Crippen molar-refractivity contribution in [1.82, 2.24) is 4.98 Å². The molecule has 118 valence electrons. The molecule has 1 N–H and O–H groups in total. The van der Waals surface area contributed by atoms with Crippen LogP contribution in [0.5, 0.6) is 0 Å². The van der Waals surface area contributed by atoms with Gasteiger partial charge in [-0.1, -0.05) is 54.6 Å². The predicted molar refractivity (Wildman–Crippen MR) is 98.0 cm³/mol. The molecule has 0 bridgehead atoms. The Morgan fingerprint density at radius 3 is 2.39 bits per heavy atom. The van der Waals surface area contributed by atoms with Gasteiger partial charge in [0.05, 0.1) is 5.69 Å². The Bertz CT molecular complexity index is 723. The summed E-state index contributed by atoms with van der Waals surface area (Å²) < 4.78 is 5.04. The standard InChI is InChI=1S/C19H20N2OS/c1-22-13-5-12-20-19-21-18(14-23-19)17-10-8-16(9-11-17)15-6-3-2-4-7-15/h2-4,6-11,14H,5,12-13H2,1H3,(H,20,21). The Morgan fingerprint density at radius 2 is 1.65 bits per heavy atom. The summed E-state index contributed by atoms with van der Waals surface area (Å²) in [5.41, 5.74) is 4.62. The molecule has 0 saturated heterocycles. The van der Waals surface area contributed by atoms with Crippen LogP contribution in [0.1, 0.15) is 6.42 Å². The first-order valence-electron chi connectivity index (χ1n) is 7.71. The molecule has 0 aliphatic carbocycles. The van der Waals surface area contributed by atoms with Crippen molar-refractivity contribution < 1.29 is 4.74 Å². The highest BCUT2D eigenvalue weighted by atomic mass is 32.1. The number of methoxy groups -OCH3 is 1. The highest BCUT2D eigenvalue weighted by Crippen LogP contribution is 2.27. The van der Waals surface area contributed by atoms with Gasteiger partial charge in [0.2, 0.25) is 0 Å². The number of hydrogen-bond acceptors (Lipinski definition) is 4. The maximum atomic E-state index is 5.04. The molecule has 0 unspecified atom stereocenters. The van der Waals surface area contributed by atoms with Gasteiger partial charge in [-0.05, 0) is 17.5 Å². The lowest BCUT2D eigenvalue weighted by molar-refractivity contribution is 0.198. The summed E-state index contributed by atoms with van der Waals surface area (Å²) in [6.45, 7) is 1.65. The number of ether oxygens (including phenoxy) is 1. The lowest BCUT2D eigenvalue weighted by Crippen LogP contribution is -2.04. The third kappa shape index (κ3) is 4.18. The van der Waals surface area contributed by atoms with E-state index in [1.54, 1.807) is 18.4 Å². The summed E-state index contributed by atoms with van der Waals surface area (Å²) in [6.07, 6.45) is 0.983. The summed E-state index contributed by atoms with van der Waals surface area (Å²) in [6, 6.07) is 19.0. The van der Waals surface area contributed by atoms with Crippen LogP contribution in [0.3, 0.4) is 0 Å². The molecule has 0 radical (unpaired) electrons. The molecule has 0 aliphatic rings. The van der Waals surface area contributed by atoms with Gasteiger partial charge < -0.3 is 10.1 Å². The minimum absolute atomic E-state index is 0.770. The van der Waals surface area contributed by atoms with Gasteiger partial charge in [-0.3, -0.25) is 0 Å². The van der Waals surface area contributed by atoms with Gasteiger partial charge in [0.25, 0.3) is 0 Å². The van der Waals surface area contributed by atoms with Crippen molar-refractivity contribution >= 4 is 16.5 Å². The molecule has 4 heteroatoms. The summed E-state index contributed by atoms with van der Waals surface area (Å²) in [5.74, 6) is 0. The quantitative estimate of drug-likeness (QED) is 0.626. The normalized spacial score (nSPS) is 10.7. The number of nitrogens with zero attached hydrogens (tertiary/aromatic N) is 1. The van der Waals surface area contributed by atoms with E-state index in [0.29, 0.717) is 0 Å². The summed E-state index contributed by atoms with van der Waals surface area (Å²) in [5, 5.41) is 6.39. The minimum atomic E-state index is 0.770. The third-order valence-corrected chi connectivity index (χ3v) is 4.39. The first kappa shape index (κ1) is 15.7. The summed E-state index contributed by atoms with van der Waals surface area (Å²) in [7, 11) is 1.72. The van der Waals surface area contributed by atoms with Crippen molar-refractivity contribution in [3.05, 3.63) is 60.0 Å². The topological polar surface area (TPSA) is 34.1 Å². The lowest BCUT2D eigenvalue weighted by atomic mass is 10.0. The smallest absolute Gasteiger partial charge is 0.183 e. The molecule has 2 aromatic carbocycles. The van der Waals surface area contributed by atoms with E-state index < -0.39 is 0 Å². The van der Waals surface area contributed by atoms with E-state index in [4.69, 9.17) is 4.74 Å². The van der Waals surface area contributed by atoms with Gasteiger partial charge in [0, 0.05) is 31.2 Å². The van der Waals surface area contributed by atoms with Gasteiger partial charge in [-0.2, -0.15) is 0 Å². The van der Waals surface area contributed by atoms with E-state index in [0.717, 1.165) is 36.0 Å². The average molecular weight is 324 g/mol. The predicted octanol–water partition coefficient (Wildman–Crippen LogP) is 4.93. The number of benzene rings is 2. The fourth-order valence-electron chi connectivity index (χ4n) is 2.36.